The number of rotatable bonds is 5. The van der Waals surface area contributed by atoms with Crippen molar-refractivity contribution in [3.8, 4) is 5.75 Å². The van der Waals surface area contributed by atoms with Gasteiger partial charge in [-0.1, -0.05) is 12.1 Å². The maximum atomic E-state index is 12.8. The van der Waals surface area contributed by atoms with Gasteiger partial charge in [-0.15, -0.1) is 0 Å². The minimum absolute atomic E-state index is 0.0570. The molecule has 1 aliphatic carbocycles. The summed E-state index contributed by atoms with van der Waals surface area (Å²) in [4.78, 5) is 17.2. The Labute approximate surface area is 172 Å². The number of nitrogens with one attached hydrogen (secondary N) is 1. The van der Waals surface area contributed by atoms with Crippen molar-refractivity contribution in [2.75, 3.05) is 39.8 Å². The first-order chi connectivity index (χ1) is 14.1. The molecule has 2 aliphatic rings. The molecule has 1 fully saturated rings. The quantitative estimate of drug-likeness (QED) is 0.842. The van der Waals surface area contributed by atoms with E-state index in [-0.39, 0.29) is 12.1 Å². The van der Waals surface area contributed by atoms with Crippen molar-refractivity contribution in [1.82, 2.24) is 24.9 Å². The van der Waals surface area contributed by atoms with Crippen molar-refractivity contribution in [1.29, 1.82) is 0 Å². The van der Waals surface area contributed by atoms with Crippen LogP contribution in [0.1, 0.15) is 35.7 Å². The molecule has 7 nitrogen and oxygen atoms in total. The van der Waals surface area contributed by atoms with Gasteiger partial charge in [-0.05, 0) is 43.4 Å². The van der Waals surface area contributed by atoms with Crippen LogP contribution < -0.4 is 10.1 Å². The molecule has 1 unspecified atom stereocenters. The van der Waals surface area contributed by atoms with E-state index in [9.17, 15) is 4.79 Å². The predicted molar refractivity (Wildman–Crippen MR) is 112 cm³/mol. The summed E-state index contributed by atoms with van der Waals surface area (Å²) in [6, 6.07) is 8.42. The van der Waals surface area contributed by atoms with E-state index in [1.54, 1.807) is 7.11 Å². The van der Waals surface area contributed by atoms with E-state index >= 15 is 0 Å². The molecule has 2 aromatic rings. The van der Waals surface area contributed by atoms with E-state index in [0.29, 0.717) is 0 Å². The van der Waals surface area contributed by atoms with Crippen LogP contribution >= 0.6 is 0 Å². The van der Waals surface area contributed by atoms with Gasteiger partial charge in [-0.3, -0.25) is 9.58 Å². The molecule has 1 saturated heterocycles. The lowest BCUT2D eigenvalue weighted by Gasteiger charge is -2.36. The van der Waals surface area contributed by atoms with Gasteiger partial charge in [0, 0.05) is 51.0 Å². The highest BCUT2D eigenvalue weighted by atomic mass is 16.5. The molecular formula is C22H31N5O2. The number of carbonyl (C=O) groups excluding carboxylic acids is 1. The second-order valence-corrected chi connectivity index (χ2v) is 7.99. The molecule has 0 radical (unpaired) electrons. The second kappa shape index (κ2) is 8.86. The maximum absolute atomic E-state index is 12.8. The van der Waals surface area contributed by atoms with E-state index in [1.165, 1.54) is 16.8 Å². The lowest BCUT2D eigenvalue weighted by atomic mass is 9.93. The number of hydrogen-bond donors (Lipinski definition) is 1. The molecule has 1 aliphatic heterocycles. The molecule has 0 spiro atoms. The minimum atomic E-state index is 0.0570. The SMILES string of the molecule is COc1ccc(CCN2CCN(C(=O)NC3CCCc4c3cnn4C)CC2)cc1. The van der Waals surface area contributed by atoms with Gasteiger partial charge in [0.2, 0.25) is 0 Å². The summed E-state index contributed by atoms with van der Waals surface area (Å²) in [5.41, 5.74) is 3.76. The van der Waals surface area contributed by atoms with E-state index < -0.39 is 0 Å². The number of benzene rings is 1. The summed E-state index contributed by atoms with van der Waals surface area (Å²) >= 11 is 0. The summed E-state index contributed by atoms with van der Waals surface area (Å²) < 4.78 is 7.15. The number of hydrogen-bond acceptors (Lipinski definition) is 4. The Balaban J connectivity index is 1.23. The van der Waals surface area contributed by atoms with Crippen molar-refractivity contribution in [2.24, 2.45) is 7.05 Å². The number of fused-ring (bicyclic) bond motifs is 1. The van der Waals surface area contributed by atoms with Crippen LogP contribution in [0.25, 0.3) is 0 Å². The predicted octanol–water partition coefficient (Wildman–Crippen LogP) is 2.38. The molecule has 156 valence electrons. The average Bonchev–Trinajstić information content (AvgIpc) is 3.15. The number of aromatic nitrogens is 2. The molecule has 2 heterocycles. The summed E-state index contributed by atoms with van der Waals surface area (Å²) in [5, 5.41) is 7.62. The van der Waals surface area contributed by atoms with Crippen molar-refractivity contribution in [2.45, 2.75) is 31.7 Å². The van der Waals surface area contributed by atoms with Gasteiger partial charge in [0.15, 0.2) is 0 Å². The molecule has 1 atom stereocenters. The van der Waals surface area contributed by atoms with Crippen molar-refractivity contribution >= 4 is 6.03 Å². The van der Waals surface area contributed by atoms with Gasteiger partial charge in [0.05, 0.1) is 19.3 Å². The number of amides is 2. The highest BCUT2D eigenvalue weighted by Gasteiger charge is 2.27. The monoisotopic (exact) mass is 397 g/mol. The lowest BCUT2D eigenvalue weighted by molar-refractivity contribution is 0.137. The van der Waals surface area contributed by atoms with E-state index in [1.807, 2.05) is 35.0 Å². The Morgan fingerprint density at radius 2 is 1.97 bits per heavy atom. The zero-order valence-corrected chi connectivity index (χ0v) is 17.4. The fraction of sp³-hybridized carbons (Fsp3) is 0.545. The molecule has 29 heavy (non-hydrogen) atoms. The van der Waals surface area contributed by atoms with Crippen LogP contribution in [0.4, 0.5) is 4.79 Å². The first-order valence-electron chi connectivity index (χ1n) is 10.6. The van der Waals surface area contributed by atoms with Gasteiger partial charge in [-0.25, -0.2) is 4.79 Å². The number of ether oxygens (including phenoxy) is 1. The molecule has 0 saturated carbocycles. The van der Waals surface area contributed by atoms with Gasteiger partial charge < -0.3 is 15.0 Å². The van der Waals surface area contributed by atoms with Crippen molar-refractivity contribution in [3.05, 3.63) is 47.3 Å². The summed E-state index contributed by atoms with van der Waals surface area (Å²) in [6.45, 7) is 4.42. The third-order valence-electron chi connectivity index (χ3n) is 6.21. The Morgan fingerprint density at radius 3 is 2.69 bits per heavy atom. The Kier molecular flexibility index (Phi) is 6.04. The van der Waals surface area contributed by atoms with Crippen LogP contribution in [0.2, 0.25) is 0 Å². The first-order valence-corrected chi connectivity index (χ1v) is 10.6. The zero-order valence-electron chi connectivity index (χ0n) is 17.4. The lowest BCUT2D eigenvalue weighted by Crippen LogP contribution is -2.52. The Bertz CT molecular complexity index is 824. The normalized spacial score (nSPS) is 19.7. The van der Waals surface area contributed by atoms with Crippen molar-refractivity contribution in [3.63, 3.8) is 0 Å². The molecule has 2 amide bonds. The molecule has 4 rings (SSSR count). The van der Waals surface area contributed by atoms with Crippen LogP contribution in [0, 0.1) is 0 Å². The van der Waals surface area contributed by atoms with Crippen LogP contribution in [0.15, 0.2) is 30.5 Å². The third-order valence-corrected chi connectivity index (χ3v) is 6.21. The fourth-order valence-corrected chi connectivity index (χ4v) is 4.35. The van der Waals surface area contributed by atoms with E-state index in [0.717, 1.165) is 64.2 Å². The molecule has 1 aromatic heterocycles. The van der Waals surface area contributed by atoms with E-state index in [4.69, 9.17) is 4.74 Å². The number of urea groups is 1. The smallest absolute Gasteiger partial charge is 0.317 e. The first kappa shape index (κ1) is 19.8. The largest absolute Gasteiger partial charge is 0.497 e. The Hall–Kier alpha value is -2.54. The van der Waals surface area contributed by atoms with Crippen LogP contribution in [0.3, 0.4) is 0 Å². The summed E-state index contributed by atoms with van der Waals surface area (Å²) in [7, 11) is 3.67. The highest BCUT2D eigenvalue weighted by Crippen LogP contribution is 2.29. The summed E-state index contributed by atoms with van der Waals surface area (Å²) in [5.74, 6) is 0.893. The minimum Gasteiger partial charge on any atom is -0.497 e. The number of methoxy groups -OCH3 is 1. The number of piperazine rings is 1. The highest BCUT2D eigenvalue weighted by molar-refractivity contribution is 5.75. The third kappa shape index (κ3) is 4.56. The van der Waals surface area contributed by atoms with Crippen LogP contribution in [-0.4, -0.2) is 65.4 Å². The molecule has 1 aromatic carbocycles. The van der Waals surface area contributed by atoms with Crippen LogP contribution in [-0.2, 0) is 19.9 Å². The molecule has 7 heteroatoms. The van der Waals surface area contributed by atoms with Crippen LogP contribution in [0.5, 0.6) is 5.75 Å². The zero-order chi connectivity index (χ0) is 20.2. The second-order valence-electron chi connectivity index (χ2n) is 7.99. The van der Waals surface area contributed by atoms with E-state index in [2.05, 4.69) is 27.4 Å². The molecular weight excluding hydrogens is 366 g/mol. The molecule has 1 N–H and O–H groups in total. The topological polar surface area (TPSA) is 62.6 Å². The van der Waals surface area contributed by atoms with Gasteiger partial charge in [-0.2, -0.15) is 5.10 Å². The fourth-order valence-electron chi connectivity index (χ4n) is 4.35. The Morgan fingerprint density at radius 1 is 1.21 bits per heavy atom. The number of carbonyl (C=O) groups is 1. The number of aryl methyl sites for hydroxylation is 1. The van der Waals surface area contributed by atoms with Gasteiger partial charge >= 0.3 is 6.03 Å². The maximum Gasteiger partial charge on any atom is 0.317 e. The van der Waals surface area contributed by atoms with Crippen molar-refractivity contribution < 1.29 is 9.53 Å². The summed E-state index contributed by atoms with van der Waals surface area (Å²) in [6.07, 6.45) is 6.06. The molecule has 0 bridgehead atoms. The van der Waals surface area contributed by atoms with Gasteiger partial charge in [0.25, 0.3) is 0 Å². The average molecular weight is 398 g/mol. The number of nitrogens with zero attached hydrogens (tertiary/aromatic N) is 4. The standard InChI is InChI=1S/C22H31N5O2/c1-25-21-5-3-4-20(19(21)16-23-25)24-22(28)27-14-12-26(13-15-27)11-10-17-6-8-18(29-2)9-7-17/h6-9,16,20H,3-5,10-15H2,1-2H3,(H,24,28). The van der Waals surface area contributed by atoms with Gasteiger partial charge in [0.1, 0.15) is 5.75 Å².